The topological polar surface area (TPSA) is 74.5 Å². The van der Waals surface area contributed by atoms with Crippen molar-refractivity contribution in [1.82, 2.24) is 20.4 Å². The van der Waals surface area contributed by atoms with E-state index in [1.807, 2.05) is 37.7 Å². The molecule has 1 heterocycles. The standard InChI is InChI=1S/C15H29N5O/c1-4-15(21,5-2)13-18-14(16-6-3)17-9-7-11-20-12-8-10-19-20/h8,10,12,21H,4-7,9,11,13H2,1-3H3,(H2,16,17,18). The summed E-state index contributed by atoms with van der Waals surface area (Å²) in [5.74, 6) is 0.762. The summed E-state index contributed by atoms with van der Waals surface area (Å²) in [6.07, 6.45) is 6.15. The molecule has 1 rings (SSSR count). The highest BCUT2D eigenvalue weighted by Gasteiger charge is 2.21. The average Bonchev–Trinajstić information content (AvgIpc) is 3.02. The van der Waals surface area contributed by atoms with Crippen LogP contribution in [0.2, 0.25) is 0 Å². The van der Waals surface area contributed by atoms with Crippen molar-refractivity contribution in [3.05, 3.63) is 18.5 Å². The largest absolute Gasteiger partial charge is 0.388 e. The third-order valence-electron chi connectivity index (χ3n) is 3.61. The van der Waals surface area contributed by atoms with Crippen LogP contribution in [0.5, 0.6) is 0 Å². The fourth-order valence-corrected chi connectivity index (χ4v) is 1.92. The first-order chi connectivity index (χ1) is 10.1. The maximum atomic E-state index is 10.3. The van der Waals surface area contributed by atoms with Gasteiger partial charge in [-0.3, -0.25) is 9.67 Å². The van der Waals surface area contributed by atoms with Crippen LogP contribution in [0.1, 0.15) is 40.0 Å². The molecule has 1 aromatic heterocycles. The number of hydrogen-bond donors (Lipinski definition) is 3. The van der Waals surface area contributed by atoms with E-state index in [4.69, 9.17) is 0 Å². The Hall–Kier alpha value is -1.56. The first-order valence-corrected chi connectivity index (χ1v) is 7.85. The molecule has 0 fully saturated rings. The van der Waals surface area contributed by atoms with Gasteiger partial charge in [-0.05, 0) is 32.3 Å². The first kappa shape index (κ1) is 17.5. The Labute approximate surface area is 127 Å². The number of nitrogens with zero attached hydrogens (tertiary/aromatic N) is 3. The van der Waals surface area contributed by atoms with E-state index in [9.17, 15) is 5.11 Å². The molecule has 0 saturated carbocycles. The molecule has 1 aromatic rings. The van der Waals surface area contributed by atoms with Crippen molar-refractivity contribution >= 4 is 5.96 Å². The van der Waals surface area contributed by atoms with Crippen molar-refractivity contribution in [1.29, 1.82) is 0 Å². The van der Waals surface area contributed by atoms with E-state index in [2.05, 4.69) is 20.7 Å². The van der Waals surface area contributed by atoms with Gasteiger partial charge in [0.15, 0.2) is 5.96 Å². The smallest absolute Gasteiger partial charge is 0.191 e. The van der Waals surface area contributed by atoms with Gasteiger partial charge >= 0.3 is 0 Å². The second kappa shape index (κ2) is 9.39. The summed E-state index contributed by atoms with van der Waals surface area (Å²) in [7, 11) is 0. The third kappa shape index (κ3) is 6.62. The molecule has 0 unspecified atom stereocenters. The molecule has 6 heteroatoms. The van der Waals surface area contributed by atoms with Crippen molar-refractivity contribution in [3.63, 3.8) is 0 Å². The third-order valence-corrected chi connectivity index (χ3v) is 3.61. The lowest BCUT2D eigenvalue weighted by Crippen LogP contribution is -2.40. The van der Waals surface area contributed by atoms with Crippen LogP contribution in [0.25, 0.3) is 0 Å². The lowest BCUT2D eigenvalue weighted by molar-refractivity contribution is 0.0418. The first-order valence-electron chi connectivity index (χ1n) is 7.85. The lowest BCUT2D eigenvalue weighted by Gasteiger charge is -2.23. The Morgan fingerprint density at radius 1 is 1.29 bits per heavy atom. The van der Waals surface area contributed by atoms with Crippen LogP contribution in [0.15, 0.2) is 23.5 Å². The lowest BCUT2D eigenvalue weighted by atomic mass is 9.98. The van der Waals surface area contributed by atoms with E-state index >= 15 is 0 Å². The molecule has 0 bridgehead atoms. The maximum Gasteiger partial charge on any atom is 0.191 e. The molecule has 0 radical (unpaired) electrons. The molecule has 120 valence electrons. The summed E-state index contributed by atoms with van der Waals surface area (Å²) >= 11 is 0. The highest BCUT2D eigenvalue weighted by molar-refractivity contribution is 5.79. The van der Waals surface area contributed by atoms with Gasteiger partial charge in [-0.2, -0.15) is 5.10 Å². The highest BCUT2D eigenvalue weighted by Crippen LogP contribution is 2.14. The number of aliphatic hydroxyl groups is 1. The normalized spacial score (nSPS) is 12.5. The van der Waals surface area contributed by atoms with E-state index < -0.39 is 5.60 Å². The quantitative estimate of drug-likeness (QED) is 0.365. The van der Waals surface area contributed by atoms with E-state index in [1.165, 1.54) is 0 Å². The number of aryl methyl sites for hydroxylation is 1. The Morgan fingerprint density at radius 3 is 2.62 bits per heavy atom. The summed E-state index contributed by atoms with van der Waals surface area (Å²) in [6, 6.07) is 1.93. The zero-order chi connectivity index (χ0) is 15.6. The number of guanidine groups is 1. The monoisotopic (exact) mass is 295 g/mol. The molecule has 21 heavy (non-hydrogen) atoms. The van der Waals surface area contributed by atoms with E-state index in [0.717, 1.165) is 32.0 Å². The molecule has 0 amide bonds. The van der Waals surface area contributed by atoms with Gasteiger partial charge < -0.3 is 15.7 Å². The van der Waals surface area contributed by atoms with Gasteiger partial charge in [0.25, 0.3) is 0 Å². The minimum atomic E-state index is -0.697. The number of nitrogens with one attached hydrogen (secondary N) is 2. The van der Waals surface area contributed by atoms with Crippen LogP contribution in [-0.2, 0) is 6.54 Å². The SMILES string of the molecule is CCNC(=NCC(O)(CC)CC)NCCCn1cccn1. The Balaban J connectivity index is 2.37. The summed E-state index contributed by atoms with van der Waals surface area (Å²) < 4.78 is 1.92. The van der Waals surface area contributed by atoms with Crippen LogP contribution in [0, 0.1) is 0 Å². The van der Waals surface area contributed by atoms with Gasteiger partial charge in [0.2, 0.25) is 0 Å². The second-order valence-electron chi connectivity index (χ2n) is 5.18. The number of rotatable bonds is 9. The van der Waals surface area contributed by atoms with Gasteiger partial charge in [-0.1, -0.05) is 13.8 Å². The Bertz CT molecular complexity index is 398. The predicted octanol–water partition coefficient (Wildman–Crippen LogP) is 1.38. The molecule has 6 nitrogen and oxygen atoms in total. The van der Waals surface area contributed by atoms with Crippen LogP contribution in [-0.4, -0.2) is 46.1 Å². The molecule has 0 aliphatic carbocycles. The molecular weight excluding hydrogens is 266 g/mol. The van der Waals surface area contributed by atoms with Crippen LogP contribution >= 0.6 is 0 Å². The molecule has 0 aliphatic heterocycles. The van der Waals surface area contributed by atoms with Gasteiger partial charge in [-0.15, -0.1) is 0 Å². The van der Waals surface area contributed by atoms with Crippen molar-refractivity contribution in [2.75, 3.05) is 19.6 Å². The minimum absolute atomic E-state index is 0.425. The number of aliphatic imine (C=N–C) groups is 1. The minimum Gasteiger partial charge on any atom is -0.388 e. The number of hydrogen-bond acceptors (Lipinski definition) is 3. The highest BCUT2D eigenvalue weighted by atomic mass is 16.3. The second-order valence-corrected chi connectivity index (χ2v) is 5.18. The molecule has 3 N–H and O–H groups in total. The fraction of sp³-hybridized carbons (Fsp3) is 0.733. The maximum absolute atomic E-state index is 10.3. The van der Waals surface area contributed by atoms with Crippen molar-refractivity contribution in [2.45, 2.75) is 52.2 Å². The summed E-state index contributed by atoms with van der Waals surface area (Å²) in [5.41, 5.74) is -0.697. The van der Waals surface area contributed by atoms with Crippen molar-refractivity contribution in [3.8, 4) is 0 Å². The number of aromatic nitrogens is 2. The Kier molecular flexibility index (Phi) is 7.82. The van der Waals surface area contributed by atoms with E-state index in [0.29, 0.717) is 19.4 Å². The van der Waals surface area contributed by atoms with Gasteiger partial charge in [-0.25, -0.2) is 0 Å². The molecule has 0 spiro atoms. The van der Waals surface area contributed by atoms with E-state index in [1.54, 1.807) is 6.20 Å². The fourth-order valence-electron chi connectivity index (χ4n) is 1.92. The predicted molar refractivity (Wildman–Crippen MR) is 86.4 cm³/mol. The average molecular weight is 295 g/mol. The van der Waals surface area contributed by atoms with Crippen LogP contribution in [0.3, 0.4) is 0 Å². The molecular formula is C15H29N5O. The molecule has 0 aromatic carbocycles. The van der Waals surface area contributed by atoms with Crippen LogP contribution in [0.4, 0.5) is 0 Å². The van der Waals surface area contributed by atoms with E-state index in [-0.39, 0.29) is 0 Å². The zero-order valence-electron chi connectivity index (χ0n) is 13.5. The molecule has 0 saturated heterocycles. The van der Waals surface area contributed by atoms with Crippen LogP contribution < -0.4 is 10.6 Å². The summed E-state index contributed by atoms with van der Waals surface area (Å²) in [6.45, 7) is 8.95. The van der Waals surface area contributed by atoms with Gasteiger partial charge in [0, 0.05) is 32.0 Å². The van der Waals surface area contributed by atoms with Gasteiger partial charge in [0.05, 0.1) is 12.1 Å². The van der Waals surface area contributed by atoms with Crippen molar-refractivity contribution in [2.24, 2.45) is 4.99 Å². The van der Waals surface area contributed by atoms with Crippen molar-refractivity contribution < 1.29 is 5.11 Å². The van der Waals surface area contributed by atoms with Gasteiger partial charge in [0.1, 0.15) is 0 Å². The Morgan fingerprint density at radius 2 is 2.05 bits per heavy atom. The molecule has 0 aliphatic rings. The molecule has 0 atom stereocenters. The summed E-state index contributed by atoms with van der Waals surface area (Å²) in [5, 5.41) is 20.9. The summed E-state index contributed by atoms with van der Waals surface area (Å²) in [4.78, 5) is 4.48. The zero-order valence-corrected chi connectivity index (χ0v) is 13.5.